The summed E-state index contributed by atoms with van der Waals surface area (Å²) in [5, 5.41) is 25.3. The highest BCUT2D eigenvalue weighted by Gasteiger charge is 2.13. The van der Waals surface area contributed by atoms with E-state index in [2.05, 4.69) is 20.8 Å². The van der Waals surface area contributed by atoms with Crippen LogP contribution in [0.25, 0.3) is 0 Å². The van der Waals surface area contributed by atoms with Crippen LogP contribution in [-0.4, -0.2) is 33.2 Å². The van der Waals surface area contributed by atoms with E-state index >= 15 is 0 Å². The maximum absolute atomic E-state index is 11.8. The number of aromatic hydroxyl groups is 1. The molecule has 130 valence electrons. The molecule has 0 spiro atoms. The molecule has 0 fully saturated rings. The number of aliphatic hydroxyl groups excluding tert-OH is 1. The first-order valence-electron chi connectivity index (χ1n) is 7.41. The van der Waals surface area contributed by atoms with E-state index in [0.29, 0.717) is 16.9 Å². The van der Waals surface area contributed by atoms with Gasteiger partial charge in [0.25, 0.3) is 0 Å². The minimum Gasteiger partial charge on any atom is -0.505 e. The molecule has 1 heterocycles. The maximum atomic E-state index is 11.8. The number of hydrazone groups is 1. The van der Waals surface area contributed by atoms with Gasteiger partial charge >= 0.3 is 11.8 Å². The molecule has 0 aliphatic carbocycles. The number of amides is 2. The smallest absolute Gasteiger partial charge is 0.329 e. The van der Waals surface area contributed by atoms with Crippen molar-refractivity contribution >= 4 is 23.7 Å². The van der Waals surface area contributed by atoms with E-state index in [4.69, 9.17) is 0 Å². The van der Waals surface area contributed by atoms with Crippen LogP contribution >= 0.6 is 0 Å². The zero-order chi connectivity index (χ0) is 18.4. The lowest BCUT2D eigenvalue weighted by molar-refractivity contribution is -0.136. The Morgan fingerprint density at radius 3 is 2.52 bits per heavy atom. The molecule has 1 aromatic carbocycles. The second-order valence-electron chi connectivity index (χ2n) is 5.31. The Bertz CT molecular complexity index is 816. The van der Waals surface area contributed by atoms with E-state index in [1.807, 2.05) is 6.92 Å². The summed E-state index contributed by atoms with van der Waals surface area (Å²) in [7, 11) is 0. The highest BCUT2D eigenvalue weighted by molar-refractivity contribution is 6.39. The van der Waals surface area contributed by atoms with Crippen molar-refractivity contribution in [2.24, 2.45) is 5.10 Å². The first-order valence-corrected chi connectivity index (χ1v) is 7.41. The van der Waals surface area contributed by atoms with Crippen LogP contribution in [0, 0.1) is 13.8 Å². The Balaban J connectivity index is 2.02. The zero-order valence-corrected chi connectivity index (χ0v) is 13.8. The number of pyridine rings is 1. The molecule has 0 saturated heterocycles. The van der Waals surface area contributed by atoms with Gasteiger partial charge in [-0.25, -0.2) is 5.43 Å². The van der Waals surface area contributed by atoms with Crippen LogP contribution in [0.1, 0.15) is 22.4 Å². The Morgan fingerprint density at radius 2 is 1.88 bits per heavy atom. The van der Waals surface area contributed by atoms with Gasteiger partial charge in [-0.15, -0.1) is 0 Å². The summed E-state index contributed by atoms with van der Waals surface area (Å²) >= 11 is 0. The Labute approximate surface area is 144 Å². The minimum atomic E-state index is -0.965. The lowest BCUT2D eigenvalue weighted by Crippen LogP contribution is -2.32. The van der Waals surface area contributed by atoms with Crippen molar-refractivity contribution in [1.82, 2.24) is 10.4 Å². The van der Waals surface area contributed by atoms with Gasteiger partial charge in [0.15, 0.2) is 0 Å². The molecule has 4 N–H and O–H groups in total. The fraction of sp³-hybridized carbons (Fsp3) is 0.176. The van der Waals surface area contributed by atoms with Crippen LogP contribution in [0.15, 0.2) is 35.6 Å². The molecular weight excluding hydrogens is 324 g/mol. The van der Waals surface area contributed by atoms with E-state index in [1.165, 1.54) is 6.20 Å². The highest BCUT2D eigenvalue weighted by atomic mass is 16.3. The fourth-order valence-electron chi connectivity index (χ4n) is 1.95. The average molecular weight is 342 g/mol. The van der Waals surface area contributed by atoms with Crippen LogP contribution < -0.4 is 10.7 Å². The number of hydrogen-bond acceptors (Lipinski definition) is 6. The second kappa shape index (κ2) is 8.02. The van der Waals surface area contributed by atoms with Gasteiger partial charge in [0, 0.05) is 23.0 Å². The third kappa shape index (κ3) is 4.61. The standard InChI is InChI=1S/C17H18N4O4/c1-10-3-5-13(6-4-10)20-16(24)17(25)21-19-8-14-12(9-22)7-18-11(2)15(14)23/h3-8,22-23H,9H2,1-2H3,(H,20,24)(H,21,25)/b19-8+. The highest BCUT2D eigenvalue weighted by Crippen LogP contribution is 2.21. The van der Waals surface area contributed by atoms with Gasteiger partial charge in [0.1, 0.15) is 5.75 Å². The predicted octanol–water partition coefficient (Wildman–Crippen LogP) is 0.985. The largest absolute Gasteiger partial charge is 0.505 e. The number of aromatic nitrogens is 1. The van der Waals surface area contributed by atoms with E-state index in [0.717, 1.165) is 11.8 Å². The molecule has 25 heavy (non-hydrogen) atoms. The third-order valence-corrected chi connectivity index (χ3v) is 3.40. The number of nitrogens with zero attached hydrogens (tertiary/aromatic N) is 2. The summed E-state index contributed by atoms with van der Waals surface area (Å²) in [5.41, 5.74) is 4.48. The van der Waals surface area contributed by atoms with Crippen LogP contribution in [0.3, 0.4) is 0 Å². The van der Waals surface area contributed by atoms with Gasteiger partial charge in [0.2, 0.25) is 0 Å². The van der Waals surface area contributed by atoms with Gasteiger partial charge in [-0.1, -0.05) is 17.7 Å². The van der Waals surface area contributed by atoms with Gasteiger partial charge in [-0.2, -0.15) is 5.10 Å². The number of carbonyl (C=O) groups is 2. The van der Waals surface area contributed by atoms with E-state index in [1.54, 1.807) is 31.2 Å². The van der Waals surface area contributed by atoms with Crippen LogP contribution in [0.5, 0.6) is 5.75 Å². The SMILES string of the molecule is Cc1ccc(NC(=O)C(=O)N/N=C/c2c(CO)cnc(C)c2O)cc1. The van der Waals surface area contributed by atoms with Crippen molar-refractivity contribution in [2.45, 2.75) is 20.5 Å². The van der Waals surface area contributed by atoms with Crippen molar-refractivity contribution in [2.75, 3.05) is 5.32 Å². The summed E-state index contributed by atoms with van der Waals surface area (Å²) in [6.45, 7) is 3.13. The summed E-state index contributed by atoms with van der Waals surface area (Å²) in [4.78, 5) is 27.4. The number of anilines is 1. The molecule has 2 aromatic rings. The topological polar surface area (TPSA) is 124 Å². The fourth-order valence-corrected chi connectivity index (χ4v) is 1.95. The Kier molecular flexibility index (Phi) is 5.80. The molecule has 0 bridgehead atoms. The van der Waals surface area contributed by atoms with E-state index in [9.17, 15) is 19.8 Å². The number of benzene rings is 1. The summed E-state index contributed by atoms with van der Waals surface area (Å²) < 4.78 is 0. The van der Waals surface area contributed by atoms with Gasteiger partial charge < -0.3 is 15.5 Å². The van der Waals surface area contributed by atoms with Crippen LogP contribution in [0.2, 0.25) is 0 Å². The predicted molar refractivity (Wildman–Crippen MR) is 92.1 cm³/mol. The van der Waals surface area contributed by atoms with Crippen molar-refractivity contribution in [3.63, 3.8) is 0 Å². The average Bonchev–Trinajstić information content (AvgIpc) is 2.60. The van der Waals surface area contributed by atoms with Crippen molar-refractivity contribution in [3.05, 3.63) is 52.8 Å². The maximum Gasteiger partial charge on any atom is 0.329 e. The molecule has 0 aliphatic rings. The lowest BCUT2D eigenvalue weighted by Gasteiger charge is -2.07. The van der Waals surface area contributed by atoms with Gasteiger partial charge in [-0.3, -0.25) is 14.6 Å². The Hall–Kier alpha value is -3.26. The number of nitrogens with one attached hydrogen (secondary N) is 2. The summed E-state index contributed by atoms with van der Waals surface area (Å²) in [6, 6.07) is 6.96. The molecule has 2 amide bonds. The summed E-state index contributed by atoms with van der Waals surface area (Å²) in [6.07, 6.45) is 2.54. The second-order valence-corrected chi connectivity index (χ2v) is 5.31. The zero-order valence-electron chi connectivity index (χ0n) is 13.8. The molecule has 8 heteroatoms. The number of hydrogen-bond donors (Lipinski definition) is 4. The van der Waals surface area contributed by atoms with E-state index < -0.39 is 11.8 Å². The molecule has 2 rings (SSSR count). The quantitative estimate of drug-likeness (QED) is 0.375. The van der Waals surface area contributed by atoms with Crippen LogP contribution in [-0.2, 0) is 16.2 Å². The first kappa shape index (κ1) is 18.1. The normalized spacial score (nSPS) is 10.7. The monoisotopic (exact) mass is 342 g/mol. The molecular formula is C17H18N4O4. The third-order valence-electron chi connectivity index (χ3n) is 3.40. The van der Waals surface area contributed by atoms with Gasteiger partial charge in [0.05, 0.1) is 18.5 Å². The molecule has 0 radical (unpaired) electrons. The van der Waals surface area contributed by atoms with Crippen molar-refractivity contribution in [3.8, 4) is 5.75 Å². The first-order chi connectivity index (χ1) is 11.9. The number of aryl methyl sites for hydroxylation is 2. The number of rotatable bonds is 4. The van der Waals surface area contributed by atoms with Crippen molar-refractivity contribution < 1.29 is 19.8 Å². The molecule has 1 aromatic heterocycles. The van der Waals surface area contributed by atoms with Gasteiger partial charge in [-0.05, 0) is 26.0 Å². The van der Waals surface area contributed by atoms with Crippen molar-refractivity contribution in [1.29, 1.82) is 0 Å². The van der Waals surface area contributed by atoms with E-state index in [-0.39, 0.29) is 17.9 Å². The van der Waals surface area contributed by atoms with Crippen LogP contribution in [0.4, 0.5) is 5.69 Å². The Morgan fingerprint density at radius 1 is 1.20 bits per heavy atom. The number of carbonyl (C=O) groups excluding carboxylic acids is 2. The minimum absolute atomic E-state index is 0.159. The lowest BCUT2D eigenvalue weighted by atomic mass is 10.1. The summed E-state index contributed by atoms with van der Waals surface area (Å²) in [5.74, 6) is -2.00. The molecule has 0 unspecified atom stereocenters. The molecule has 0 atom stereocenters. The number of aliphatic hydroxyl groups is 1. The molecule has 0 aliphatic heterocycles. The molecule has 0 saturated carbocycles. The molecule has 8 nitrogen and oxygen atoms in total.